The monoisotopic (exact) mass is 444 g/mol. The molecule has 2 aromatic carbocycles. The summed E-state index contributed by atoms with van der Waals surface area (Å²) < 4.78 is 43.5. The molecule has 9 heteroatoms. The van der Waals surface area contributed by atoms with Gasteiger partial charge in [0, 0.05) is 17.3 Å². The number of amides is 1. The highest BCUT2D eigenvalue weighted by Crippen LogP contribution is 2.30. The zero-order valence-corrected chi connectivity index (χ0v) is 18.1. The summed E-state index contributed by atoms with van der Waals surface area (Å²) in [6.07, 6.45) is 1.47. The van der Waals surface area contributed by atoms with Gasteiger partial charge in [-0.3, -0.25) is 4.79 Å². The van der Waals surface area contributed by atoms with Crippen LogP contribution in [-0.2, 0) is 16.6 Å². The maximum Gasteiger partial charge on any atom is 0.255 e. The maximum atomic E-state index is 12.6. The van der Waals surface area contributed by atoms with E-state index in [1.807, 2.05) is 13.8 Å². The van der Waals surface area contributed by atoms with Crippen molar-refractivity contribution in [3.05, 3.63) is 72.2 Å². The first-order chi connectivity index (χ1) is 14.9. The topological polar surface area (TPSA) is 107 Å². The molecule has 0 atom stereocenters. The van der Waals surface area contributed by atoms with Crippen LogP contribution in [0.15, 0.2) is 70.2 Å². The quantitative estimate of drug-likeness (QED) is 0.492. The average molecular weight is 445 g/mol. The van der Waals surface area contributed by atoms with E-state index < -0.39 is 10.0 Å². The predicted molar refractivity (Wildman–Crippen MR) is 116 cm³/mol. The zero-order chi connectivity index (χ0) is 22.3. The molecule has 0 saturated heterocycles. The van der Waals surface area contributed by atoms with E-state index in [1.54, 1.807) is 30.3 Å². The molecule has 164 valence electrons. The minimum absolute atomic E-state index is 0.0392. The standard InChI is InChI=1S/C22H24N2O6S/c1-3-28-20-12-9-17(14-21(20)29-4-2)24-22(25)16-7-10-19(11-8-16)31(26,27)23-15-18-6-5-13-30-18/h5-14,23H,3-4,15H2,1-2H3,(H,24,25). The first-order valence-corrected chi connectivity index (χ1v) is 11.2. The number of ether oxygens (including phenoxy) is 2. The Morgan fingerprint density at radius 1 is 0.968 bits per heavy atom. The minimum Gasteiger partial charge on any atom is -0.490 e. The number of carbonyl (C=O) groups excluding carboxylic acids is 1. The molecule has 1 aromatic heterocycles. The van der Waals surface area contributed by atoms with Gasteiger partial charge in [-0.25, -0.2) is 13.1 Å². The molecule has 0 bridgehead atoms. The Hall–Kier alpha value is -3.30. The summed E-state index contributed by atoms with van der Waals surface area (Å²) in [4.78, 5) is 12.6. The van der Waals surface area contributed by atoms with Crippen LogP contribution < -0.4 is 19.5 Å². The van der Waals surface area contributed by atoms with E-state index in [0.717, 1.165) is 0 Å². The van der Waals surface area contributed by atoms with Gasteiger partial charge in [-0.05, 0) is 62.4 Å². The van der Waals surface area contributed by atoms with Gasteiger partial charge in [-0.15, -0.1) is 0 Å². The fourth-order valence-electron chi connectivity index (χ4n) is 2.78. The number of anilines is 1. The predicted octanol–water partition coefficient (Wildman–Crippen LogP) is 3.81. The highest BCUT2D eigenvalue weighted by Gasteiger charge is 2.16. The van der Waals surface area contributed by atoms with Gasteiger partial charge in [-0.1, -0.05) is 0 Å². The van der Waals surface area contributed by atoms with Crippen LogP contribution in [0.3, 0.4) is 0 Å². The van der Waals surface area contributed by atoms with Gasteiger partial charge in [0.1, 0.15) is 5.76 Å². The first kappa shape index (κ1) is 22.4. The Balaban J connectivity index is 1.68. The van der Waals surface area contributed by atoms with Crippen molar-refractivity contribution < 1.29 is 27.1 Å². The van der Waals surface area contributed by atoms with Gasteiger partial charge in [0.25, 0.3) is 5.91 Å². The Kier molecular flexibility index (Phi) is 7.32. The second kappa shape index (κ2) is 10.1. The van der Waals surface area contributed by atoms with E-state index >= 15 is 0 Å². The Bertz CT molecular complexity index is 1110. The van der Waals surface area contributed by atoms with Crippen LogP contribution in [0.2, 0.25) is 0 Å². The van der Waals surface area contributed by atoms with Crippen molar-refractivity contribution in [2.75, 3.05) is 18.5 Å². The van der Waals surface area contributed by atoms with Gasteiger partial charge < -0.3 is 19.2 Å². The van der Waals surface area contributed by atoms with Crippen molar-refractivity contribution in [2.24, 2.45) is 0 Å². The molecule has 1 amide bonds. The number of hydrogen-bond donors (Lipinski definition) is 2. The molecule has 1 heterocycles. The van der Waals surface area contributed by atoms with E-state index in [-0.39, 0.29) is 17.3 Å². The number of benzene rings is 2. The van der Waals surface area contributed by atoms with Gasteiger partial charge in [0.2, 0.25) is 10.0 Å². The molecule has 3 aromatic rings. The Labute approximate surface area is 181 Å². The molecule has 0 saturated carbocycles. The SMILES string of the molecule is CCOc1ccc(NC(=O)c2ccc(S(=O)(=O)NCc3ccco3)cc2)cc1OCC. The van der Waals surface area contributed by atoms with Crippen molar-refractivity contribution in [3.63, 3.8) is 0 Å². The summed E-state index contributed by atoms with van der Waals surface area (Å²) in [5.41, 5.74) is 0.852. The molecular weight excluding hydrogens is 420 g/mol. The molecule has 0 aliphatic rings. The average Bonchev–Trinajstić information content (AvgIpc) is 3.28. The summed E-state index contributed by atoms with van der Waals surface area (Å²) in [5, 5.41) is 2.78. The van der Waals surface area contributed by atoms with Gasteiger partial charge >= 0.3 is 0 Å². The third kappa shape index (κ3) is 5.87. The number of hydrogen-bond acceptors (Lipinski definition) is 6. The van der Waals surface area contributed by atoms with Crippen LogP contribution in [0.4, 0.5) is 5.69 Å². The summed E-state index contributed by atoms with van der Waals surface area (Å²) in [6.45, 7) is 4.73. The number of rotatable bonds is 10. The summed E-state index contributed by atoms with van der Waals surface area (Å²) in [7, 11) is -3.73. The first-order valence-electron chi connectivity index (χ1n) is 9.76. The van der Waals surface area contributed by atoms with Crippen LogP contribution in [0.1, 0.15) is 30.0 Å². The van der Waals surface area contributed by atoms with Crippen LogP contribution in [0.25, 0.3) is 0 Å². The fraction of sp³-hybridized carbons (Fsp3) is 0.227. The lowest BCUT2D eigenvalue weighted by Crippen LogP contribution is -2.23. The van der Waals surface area contributed by atoms with Crippen LogP contribution in [-0.4, -0.2) is 27.5 Å². The van der Waals surface area contributed by atoms with Crippen LogP contribution in [0, 0.1) is 0 Å². The molecule has 31 heavy (non-hydrogen) atoms. The highest BCUT2D eigenvalue weighted by molar-refractivity contribution is 7.89. The molecule has 0 radical (unpaired) electrons. The Morgan fingerprint density at radius 2 is 1.68 bits per heavy atom. The molecule has 0 spiro atoms. The van der Waals surface area contributed by atoms with Crippen LogP contribution in [0.5, 0.6) is 11.5 Å². The van der Waals surface area contributed by atoms with Crippen molar-refractivity contribution in [1.29, 1.82) is 0 Å². The minimum atomic E-state index is -3.73. The second-order valence-electron chi connectivity index (χ2n) is 6.41. The van der Waals surface area contributed by atoms with E-state index in [2.05, 4.69) is 10.0 Å². The van der Waals surface area contributed by atoms with Crippen molar-refractivity contribution in [2.45, 2.75) is 25.3 Å². The molecule has 3 rings (SSSR count). The fourth-order valence-corrected chi connectivity index (χ4v) is 3.77. The highest BCUT2D eigenvalue weighted by atomic mass is 32.2. The smallest absolute Gasteiger partial charge is 0.255 e. The van der Waals surface area contributed by atoms with E-state index in [9.17, 15) is 13.2 Å². The zero-order valence-electron chi connectivity index (χ0n) is 17.3. The van der Waals surface area contributed by atoms with Crippen molar-refractivity contribution in [3.8, 4) is 11.5 Å². The molecule has 0 aliphatic carbocycles. The number of furan rings is 1. The Morgan fingerprint density at radius 3 is 2.32 bits per heavy atom. The third-order valence-electron chi connectivity index (χ3n) is 4.24. The van der Waals surface area contributed by atoms with Gasteiger partial charge in [0.05, 0.1) is 30.9 Å². The lowest BCUT2D eigenvalue weighted by atomic mass is 10.2. The number of carbonyl (C=O) groups is 1. The molecule has 0 unspecified atom stereocenters. The van der Waals surface area contributed by atoms with Gasteiger partial charge in [-0.2, -0.15) is 0 Å². The molecule has 0 fully saturated rings. The summed E-state index contributed by atoms with van der Waals surface area (Å²) in [5.74, 6) is 1.26. The van der Waals surface area contributed by atoms with Crippen molar-refractivity contribution in [1.82, 2.24) is 4.72 Å². The third-order valence-corrected chi connectivity index (χ3v) is 5.66. The summed E-state index contributed by atoms with van der Waals surface area (Å²) >= 11 is 0. The lowest BCUT2D eigenvalue weighted by molar-refractivity contribution is 0.102. The second-order valence-corrected chi connectivity index (χ2v) is 8.18. The largest absolute Gasteiger partial charge is 0.490 e. The molecule has 8 nitrogen and oxygen atoms in total. The molecule has 0 aliphatic heterocycles. The molecule has 2 N–H and O–H groups in total. The van der Waals surface area contributed by atoms with Gasteiger partial charge in [0.15, 0.2) is 11.5 Å². The molecular formula is C22H24N2O6S. The van der Waals surface area contributed by atoms with Crippen molar-refractivity contribution >= 4 is 21.6 Å². The maximum absolute atomic E-state index is 12.6. The van der Waals surface area contributed by atoms with E-state index in [0.29, 0.717) is 41.7 Å². The lowest BCUT2D eigenvalue weighted by Gasteiger charge is -2.13. The van der Waals surface area contributed by atoms with E-state index in [4.69, 9.17) is 13.9 Å². The normalized spacial score (nSPS) is 11.2. The van der Waals surface area contributed by atoms with E-state index in [1.165, 1.54) is 30.5 Å². The summed E-state index contributed by atoms with van der Waals surface area (Å²) in [6, 6.07) is 14.1. The number of nitrogens with one attached hydrogen (secondary N) is 2. The van der Waals surface area contributed by atoms with Crippen LogP contribution >= 0.6 is 0 Å². The number of sulfonamides is 1.